The highest BCUT2D eigenvalue weighted by atomic mass is 16.7. The molecule has 0 saturated carbocycles. The van der Waals surface area contributed by atoms with Crippen LogP contribution in [0.15, 0.2) is 30.3 Å². The third-order valence-electron chi connectivity index (χ3n) is 2.44. The summed E-state index contributed by atoms with van der Waals surface area (Å²) in [5, 5.41) is 0. The number of esters is 1. The van der Waals surface area contributed by atoms with Gasteiger partial charge in [0.15, 0.2) is 6.29 Å². The predicted molar refractivity (Wildman–Crippen MR) is 56.6 cm³/mol. The summed E-state index contributed by atoms with van der Waals surface area (Å²) in [5.74, 6) is -0.276. The molecule has 4 heteroatoms. The molecule has 0 spiro atoms. The first kappa shape index (κ1) is 11.1. The molecule has 1 saturated heterocycles. The highest BCUT2D eigenvalue weighted by molar-refractivity contribution is 5.69. The zero-order valence-corrected chi connectivity index (χ0v) is 9.09. The summed E-state index contributed by atoms with van der Waals surface area (Å²) >= 11 is 0. The minimum atomic E-state index is -0.365. The molecule has 0 N–H and O–H groups in total. The zero-order chi connectivity index (χ0) is 11.4. The van der Waals surface area contributed by atoms with Gasteiger partial charge in [-0.3, -0.25) is 4.79 Å². The van der Waals surface area contributed by atoms with E-state index in [9.17, 15) is 4.79 Å². The maximum Gasteiger partial charge on any atom is 0.308 e. The molecule has 1 aliphatic rings. The van der Waals surface area contributed by atoms with Gasteiger partial charge in [0.1, 0.15) is 0 Å². The molecule has 4 nitrogen and oxygen atoms in total. The normalized spacial score (nSPS) is 24.3. The van der Waals surface area contributed by atoms with Crippen molar-refractivity contribution in [1.82, 2.24) is 0 Å². The fourth-order valence-corrected chi connectivity index (χ4v) is 1.61. The Morgan fingerprint density at radius 2 is 2.19 bits per heavy atom. The van der Waals surface area contributed by atoms with Gasteiger partial charge in [0.05, 0.1) is 26.2 Å². The van der Waals surface area contributed by atoms with Crippen molar-refractivity contribution in [3.8, 4) is 0 Å². The minimum Gasteiger partial charge on any atom is -0.469 e. The molecule has 1 aliphatic heterocycles. The van der Waals surface area contributed by atoms with Gasteiger partial charge < -0.3 is 14.2 Å². The third kappa shape index (κ3) is 2.59. The van der Waals surface area contributed by atoms with Crippen LogP contribution in [0.5, 0.6) is 0 Å². The van der Waals surface area contributed by atoms with Gasteiger partial charge in [0.2, 0.25) is 0 Å². The van der Waals surface area contributed by atoms with E-state index >= 15 is 0 Å². The van der Waals surface area contributed by atoms with Gasteiger partial charge in [-0.1, -0.05) is 30.3 Å². The molecule has 1 unspecified atom stereocenters. The molecule has 2 rings (SSSR count). The number of rotatable bonds is 3. The Hall–Kier alpha value is -1.39. The highest BCUT2D eigenvalue weighted by Crippen LogP contribution is 2.27. The van der Waals surface area contributed by atoms with Crippen LogP contribution in [0, 0.1) is 0 Å². The number of benzene rings is 1. The van der Waals surface area contributed by atoms with E-state index in [2.05, 4.69) is 4.74 Å². The van der Waals surface area contributed by atoms with Crippen LogP contribution < -0.4 is 0 Å². The van der Waals surface area contributed by atoms with Crippen LogP contribution in [0.25, 0.3) is 0 Å². The zero-order valence-electron chi connectivity index (χ0n) is 9.09. The first-order valence-corrected chi connectivity index (χ1v) is 5.18. The third-order valence-corrected chi connectivity index (χ3v) is 2.44. The highest BCUT2D eigenvalue weighted by Gasteiger charge is 2.28. The number of methoxy groups -OCH3 is 1. The minimum absolute atomic E-state index is 0.211. The Bertz CT molecular complexity index is 349. The van der Waals surface area contributed by atoms with E-state index in [0.717, 1.165) is 5.56 Å². The van der Waals surface area contributed by atoms with Gasteiger partial charge >= 0.3 is 5.97 Å². The molecule has 0 aliphatic carbocycles. The summed E-state index contributed by atoms with van der Waals surface area (Å²) in [6, 6.07) is 9.66. The van der Waals surface area contributed by atoms with Crippen molar-refractivity contribution in [1.29, 1.82) is 0 Å². The lowest BCUT2D eigenvalue weighted by Gasteiger charge is -2.10. The quantitative estimate of drug-likeness (QED) is 0.730. The summed E-state index contributed by atoms with van der Waals surface area (Å²) < 4.78 is 15.6. The van der Waals surface area contributed by atoms with E-state index in [-0.39, 0.29) is 24.8 Å². The van der Waals surface area contributed by atoms with E-state index in [1.54, 1.807) is 0 Å². The van der Waals surface area contributed by atoms with Crippen molar-refractivity contribution < 1.29 is 19.0 Å². The van der Waals surface area contributed by atoms with Crippen molar-refractivity contribution in [2.75, 3.05) is 13.7 Å². The molecular weight excluding hydrogens is 208 g/mol. The second-order valence-electron chi connectivity index (χ2n) is 3.61. The summed E-state index contributed by atoms with van der Waals surface area (Å²) in [6.07, 6.45) is -0.340. The lowest BCUT2D eigenvalue weighted by Crippen LogP contribution is -2.16. The molecule has 1 aromatic carbocycles. The lowest BCUT2D eigenvalue weighted by atomic mass is 10.2. The summed E-state index contributed by atoms with van der Waals surface area (Å²) in [7, 11) is 1.37. The standard InChI is InChI=1S/C12H14O4/c1-14-11(13)7-10-8-15-12(16-10)9-5-3-2-4-6-9/h2-6,10,12H,7-8H2,1H3/t10-,12?/m0/s1. The SMILES string of the molecule is COC(=O)C[C@H]1COC(c2ccccc2)O1. The molecule has 0 bridgehead atoms. The van der Waals surface area contributed by atoms with E-state index in [4.69, 9.17) is 9.47 Å². The van der Waals surface area contributed by atoms with Crippen LogP contribution in [0.2, 0.25) is 0 Å². The number of hydrogen-bond donors (Lipinski definition) is 0. The first-order valence-electron chi connectivity index (χ1n) is 5.18. The molecular formula is C12H14O4. The maximum absolute atomic E-state index is 11.1. The van der Waals surface area contributed by atoms with Crippen LogP contribution in [0.3, 0.4) is 0 Å². The van der Waals surface area contributed by atoms with E-state index in [0.29, 0.717) is 6.61 Å². The molecule has 1 heterocycles. The second kappa shape index (κ2) is 5.09. The predicted octanol–water partition coefficient (Wildman–Crippen LogP) is 1.66. The largest absolute Gasteiger partial charge is 0.469 e. The van der Waals surface area contributed by atoms with Gasteiger partial charge in [-0.25, -0.2) is 0 Å². The average molecular weight is 222 g/mol. The Labute approximate surface area is 94.1 Å². The molecule has 1 fully saturated rings. The molecule has 1 aromatic rings. The smallest absolute Gasteiger partial charge is 0.308 e. The fourth-order valence-electron chi connectivity index (χ4n) is 1.61. The Morgan fingerprint density at radius 1 is 1.44 bits per heavy atom. The van der Waals surface area contributed by atoms with Gasteiger partial charge in [0, 0.05) is 5.56 Å². The summed E-state index contributed by atoms with van der Waals surface area (Å²) in [4.78, 5) is 11.1. The van der Waals surface area contributed by atoms with Crippen molar-refractivity contribution in [3.63, 3.8) is 0 Å². The van der Waals surface area contributed by atoms with E-state index in [1.807, 2.05) is 30.3 Å². The molecule has 0 amide bonds. The van der Waals surface area contributed by atoms with Crippen LogP contribution >= 0.6 is 0 Å². The molecule has 2 atom stereocenters. The monoisotopic (exact) mass is 222 g/mol. The van der Waals surface area contributed by atoms with E-state index < -0.39 is 0 Å². The first-order chi connectivity index (χ1) is 7.79. The number of carbonyl (C=O) groups is 1. The van der Waals surface area contributed by atoms with Crippen LogP contribution in [-0.2, 0) is 19.0 Å². The number of carbonyl (C=O) groups excluding carboxylic acids is 1. The van der Waals surface area contributed by atoms with Gasteiger partial charge in [-0.05, 0) is 0 Å². The second-order valence-corrected chi connectivity index (χ2v) is 3.61. The van der Waals surface area contributed by atoms with E-state index in [1.165, 1.54) is 7.11 Å². The van der Waals surface area contributed by atoms with Crippen molar-refractivity contribution in [2.24, 2.45) is 0 Å². The Balaban J connectivity index is 1.91. The Kier molecular flexibility index (Phi) is 3.54. The van der Waals surface area contributed by atoms with Gasteiger partial charge in [0.25, 0.3) is 0 Å². The lowest BCUT2D eigenvalue weighted by molar-refractivity contribution is -0.143. The van der Waals surface area contributed by atoms with Crippen molar-refractivity contribution in [2.45, 2.75) is 18.8 Å². The average Bonchev–Trinajstić information content (AvgIpc) is 2.78. The molecule has 16 heavy (non-hydrogen) atoms. The molecule has 0 aromatic heterocycles. The summed E-state index contributed by atoms with van der Waals surface area (Å²) in [5.41, 5.74) is 0.967. The van der Waals surface area contributed by atoms with Crippen molar-refractivity contribution >= 4 is 5.97 Å². The van der Waals surface area contributed by atoms with Crippen LogP contribution in [0.4, 0.5) is 0 Å². The number of hydrogen-bond acceptors (Lipinski definition) is 4. The topological polar surface area (TPSA) is 44.8 Å². The van der Waals surface area contributed by atoms with Crippen LogP contribution in [-0.4, -0.2) is 25.8 Å². The maximum atomic E-state index is 11.1. The van der Waals surface area contributed by atoms with Crippen LogP contribution in [0.1, 0.15) is 18.3 Å². The van der Waals surface area contributed by atoms with Gasteiger partial charge in [-0.2, -0.15) is 0 Å². The number of ether oxygens (including phenoxy) is 3. The van der Waals surface area contributed by atoms with Gasteiger partial charge in [-0.15, -0.1) is 0 Å². The van der Waals surface area contributed by atoms with Crippen molar-refractivity contribution in [3.05, 3.63) is 35.9 Å². The molecule has 86 valence electrons. The Morgan fingerprint density at radius 3 is 2.88 bits per heavy atom. The summed E-state index contributed by atoms with van der Waals surface area (Å²) in [6.45, 7) is 0.425. The fraction of sp³-hybridized carbons (Fsp3) is 0.417. The molecule has 0 radical (unpaired) electrons.